The summed E-state index contributed by atoms with van der Waals surface area (Å²) in [5, 5.41) is 13.2. The highest BCUT2D eigenvalue weighted by Gasteiger charge is 2.14. The van der Waals surface area contributed by atoms with Crippen molar-refractivity contribution in [1.82, 2.24) is 19.2 Å². The summed E-state index contributed by atoms with van der Waals surface area (Å²) in [6.45, 7) is 2.47. The standard InChI is InChI=1S/C18H16ClN5O/c1-11-9-12(19)7-8-14(11)20-10-16-21-22-18-23(2)17(25)13-5-3-4-6-15(13)24(16)18/h3-9,20H,10H2,1-2H3. The number of nitrogens with zero attached hydrogens (tertiary/aromatic N) is 4. The summed E-state index contributed by atoms with van der Waals surface area (Å²) in [7, 11) is 1.71. The fourth-order valence-electron chi connectivity index (χ4n) is 3.01. The van der Waals surface area contributed by atoms with Crippen LogP contribution in [-0.2, 0) is 13.6 Å². The molecule has 0 amide bonds. The summed E-state index contributed by atoms with van der Waals surface area (Å²) in [4.78, 5) is 12.5. The van der Waals surface area contributed by atoms with Gasteiger partial charge in [0.15, 0.2) is 5.82 Å². The number of para-hydroxylation sites is 1. The third kappa shape index (κ3) is 2.55. The third-order valence-electron chi connectivity index (χ3n) is 4.32. The second kappa shape index (κ2) is 5.89. The zero-order chi connectivity index (χ0) is 17.6. The Hall–Kier alpha value is -2.86. The molecule has 6 nitrogen and oxygen atoms in total. The van der Waals surface area contributed by atoms with E-state index in [-0.39, 0.29) is 5.56 Å². The molecule has 2 heterocycles. The molecule has 2 aromatic carbocycles. The van der Waals surface area contributed by atoms with Gasteiger partial charge in [0.1, 0.15) is 0 Å². The number of benzene rings is 2. The van der Waals surface area contributed by atoms with Gasteiger partial charge >= 0.3 is 0 Å². The van der Waals surface area contributed by atoms with Crippen LogP contribution in [0.2, 0.25) is 5.02 Å². The second-order valence-corrected chi connectivity index (χ2v) is 6.38. The Morgan fingerprint density at radius 1 is 1.16 bits per heavy atom. The highest BCUT2D eigenvalue weighted by atomic mass is 35.5. The second-order valence-electron chi connectivity index (χ2n) is 5.95. The van der Waals surface area contributed by atoms with Crippen LogP contribution in [0, 0.1) is 6.92 Å². The SMILES string of the molecule is Cc1cc(Cl)ccc1NCc1nnc2n(C)c(=O)c3ccccc3n12. The van der Waals surface area contributed by atoms with E-state index < -0.39 is 0 Å². The molecule has 2 aromatic heterocycles. The minimum absolute atomic E-state index is 0.0800. The van der Waals surface area contributed by atoms with Gasteiger partial charge in [-0.2, -0.15) is 0 Å². The van der Waals surface area contributed by atoms with E-state index in [1.807, 2.05) is 53.8 Å². The Balaban J connectivity index is 1.82. The number of hydrogen-bond acceptors (Lipinski definition) is 4. The van der Waals surface area contributed by atoms with E-state index >= 15 is 0 Å². The van der Waals surface area contributed by atoms with Crippen LogP contribution in [-0.4, -0.2) is 19.2 Å². The maximum absolute atomic E-state index is 12.5. The summed E-state index contributed by atoms with van der Waals surface area (Å²) in [6, 6.07) is 13.2. The van der Waals surface area contributed by atoms with Crippen LogP contribution in [0.3, 0.4) is 0 Å². The zero-order valence-electron chi connectivity index (χ0n) is 13.8. The lowest BCUT2D eigenvalue weighted by atomic mass is 10.2. The molecule has 0 aliphatic heterocycles. The van der Waals surface area contributed by atoms with Crippen molar-refractivity contribution in [3.05, 3.63) is 69.2 Å². The lowest BCUT2D eigenvalue weighted by Crippen LogP contribution is -2.20. The van der Waals surface area contributed by atoms with Gasteiger partial charge in [0.25, 0.3) is 5.56 Å². The third-order valence-corrected chi connectivity index (χ3v) is 4.55. The quantitative estimate of drug-likeness (QED) is 0.614. The number of rotatable bonds is 3. The molecular formula is C18H16ClN5O. The average Bonchev–Trinajstić information content (AvgIpc) is 3.03. The summed E-state index contributed by atoms with van der Waals surface area (Å²) < 4.78 is 3.43. The van der Waals surface area contributed by atoms with E-state index in [1.54, 1.807) is 7.05 Å². The van der Waals surface area contributed by atoms with Gasteiger partial charge in [-0.25, -0.2) is 0 Å². The Morgan fingerprint density at radius 3 is 2.76 bits per heavy atom. The van der Waals surface area contributed by atoms with E-state index in [1.165, 1.54) is 4.57 Å². The van der Waals surface area contributed by atoms with Crippen molar-refractivity contribution in [3.8, 4) is 0 Å². The van der Waals surface area contributed by atoms with Crippen LogP contribution < -0.4 is 10.9 Å². The molecule has 4 rings (SSSR count). The maximum atomic E-state index is 12.5. The number of nitrogens with one attached hydrogen (secondary N) is 1. The molecule has 25 heavy (non-hydrogen) atoms. The van der Waals surface area contributed by atoms with Crippen molar-refractivity contribution in [3.63, 3.8) is 0 Å². The number of anilines is 1. The van der Waals surface area contributed by atoms with Crippen LogP contribution >= 0.6 is 11.6 Å². The van der Waals surface area contributed by atoms with Gasteiger partial charge in [0.2, 0.25) is 5.78 Å². The van der Waals surface area contributed by atoms with Gasteiger partial charge in [-0.05, 0) is 42.8 Å². The van der Waals surface area contributed by atoms with Crippen molar-refractivity contribution < 1.29 is 0 Å². The van der Waals surface area contributed by atoms with Gasteiger partial charge in [0.05, 0.1) is 17.4 Å². The van der Waals surface area contributed by atoms with Crippen LogP contribution in [0.25, 0.3) is 16.7 Å². The Morgan fingerprint density at radius 2 is 1.96 bits per heavy atom. The number of aryl methyl sites for hydroxylation is 2. The molecule has 0 aliphatic carbocycles. The summed E-state index contributed by atoms with van der Waals surface area (Å²) in [6.07, 6.45) is 0. The molecule has 1 N–H and O–H groups in total. The molecular weight excluding hydrogens is 338 g/mol. The number of fused-ring (bicyclic) bond motifs is 3. The molecule has 0 saturated carbocycles. The predicted octanol–water partition coefficient (Wildman–Crippen LogP) is 3.16. The Kier molecular flexibility index (Phi) is 3.69. The van der Waals surface area contributed by atoms with Crippen LogP contribution in [0.5, 0.6) is 0 Å². The van der Waals surface area contributed by atoms with E-state index in [0.29, 0.717) is 22.7 Å². The van der Waals surface area contributed by atoms with Crippen molar-refractivity contribution in [2.75, 3.05) is 5.32 Å². The number of aromatic nitrogens is 4. The van der Waals surface area contributed by atoms with Gasteiger partial charge < -0.3 is 5.32 Å². The minimum Gasteiger partial charge on any atom is -0.378 e. The molecule has 0 aliphatic rings. The Labute approximate surface area is 148 Å². The molecule has 0 unspecified atom stereocenters. The highest BCUT2D eigenvalue weighted by molar-refractivity contribution is 6.30. The number of halogens is 1. The first-order valence-electron chi connectivity index (χ1n) is 7.88. The van der Waals surface area contributed by atoms with Crippen molar-refractivity contribution in [2.45, 2.75) is 13.5 Å². The smallest absolute Gasteiger partial charge is 0.262 e. The molecule has 4 aromatic rings. The summed E-state index contributed by atoms with van der Waals surface area (Å²) >= 11 is 6.01. The van der Waals surface area contributed by atoms with Crippen LogP contribution in [0.15, 0.2) is 47.3 Å². The largest absolute Gasteiger partial charge is 0.378 e. The highest BCUT2D eigenvalue weighted by Crippen LogP contribution is 2.21. The molecule has 126 valence electrons. The first-order valence-corrected chi connectivity index (χ1v) is 8.26. The predicted molar refractivity (Wildman–Crippen MR) is 99.2 cm³/mol. The van der Waals surface area contributed by atoms with Gasteiger partial charge in [0, 0.05) is 17.8 Å². The first-order chi connectivity index (χ1) is 12.1. The van der Waals surface area contributed by atoms with Crippen molar-refractivity contribution >= 4 is 34.0 Å². The fraction of sp³-hybridized carbons (Fsp3) is 0.167. The lowest BCUT2D eigenvalue weighted by Gasteiger charge is -2.10. The molecule has 0 saturated heterocycles. The topological polar surface area (TPSA) is 64.2 Å². The Bertz CT molecular complexity index is 1160. The first kappa shape index (κ1) is 15.7. The molecule has 0 spiro atoms. The molecule has 7 heteroatoms. The summed E-state index contributed by atoms with van der Waals surface area (Å²) in [5.41, 5.74) is 2.76. The van der Waals surface area contributed by atoms with E-state index in [0.717, 1.165) is 22.6 Å². The minimum atomic E-state index is -0.0800. The van der Waals surface area contributed by atoms with Gasteiger partial charge in [-0.1, -0.05) is 23.7 Å². The van der Waals surface area contributed by atoms with E-state index in [4.69, 9.17) is 11.6 Å². The zero-order valence-corrected chi connectivity index (χ0v) is 14.6. The van der Waals surface area contributed by atoms with Gasteiger partial charge in [-0.3, -0.25) is 13.8 Å². The van der Waals surface area contributed by atoms with E-state index in [9.17, 15) is 4.79 Å². The van der Waals surface area contributed by atoms with E-state index in [2.05, 4.69) is 15.5 Å². The fourth-order valence-corrected chi connectivity index (χ4v) is 3.23. The van der Waals surface area contributed by atoms with Crippen molar-refractivity contribution in [2.24, 2.45) is 7.05 Å². The maximum Gasteiger partial charge on any atom is 0.262 e. The van der Waals surface area contributed by atoms with Gasteiger partial charge in [-0.15, -0.1) is 10.2 Å². The number of hydrogen-bond donors (Lipinski definition) is 1. The summed E-state index contributed by atoms with van der Waals surface area (Å²) in [5.74, 6) is 1.25. The monoisotopic (exact) mass is 353 g/mol. The van der Waals surface area contributed by atoms with Crippen molar-refractivity contribution in [1.29, 1.82) is 0 Å². The van der Waals surface area contributed by atoms with Crippen LogP contribution in [0.4, 0.5) is 5.69 Å². The molecule has 0 atom stereocenters. The normalized spacial score (nSPS) is 11.3. The molecule has 0 radical (unpaired) electrons. The average molecular weight is 354 g/mol. The van der Waals surface area contributed by atoms with Crippen LogP contribution in [0.1, 0.15) is 11.4 Å². The lowest BCUT2D eigenvalue weighted by molar-refractivity contribution is 0.855. The molecule has 0 fully saturated rings. The molecule has 0 bridgehead atoms.